The molecular formula is C16H12ClN3O2. The SMILES string of the molecule is N#Cc1ccc(/C=N\NC(=O)COc2ccc(Cl)cc2)cc1. The Hall–Kier alpha value is -2.84. The van der Waals surface area contributed by atoms with Gasteiger partial charge in [-0.3, -0.25) is 4.79 Å². The number of nitrogens with one attached hydrogen (secondary N) is 1. The maximum atomic E-state index is 11.6. The van der Waals surface area contributed by atoms with Crippen molar-refractivity contribution in [3.05, 3.63) is 64.7 Å². The van der Waals surface area contributed by atoms with Gasteiger partial charge >= 0.3 is 0 Å². The molecule has 0 heterocycles. The van der Waals surface area contributed by atoms with E-state index in [0.29, 0.717) is 16.3 Å². The van der Waals surface area contributed by atoms with Gasteiger partial charge in [0, 0.05) is 5.02 Å². The molecule has 1 amide bonds. The van der Waals surface area contributed by atoms with Crippen LogP contribution in [0.25, 0.3) is 0 Å². The predicted octanol–water partition coefficient (Wildman–Crippen LogP) is 2.74. The molecule has 110 valence electrons. The normalized spacial score (nSPS) is 10.2. The van der Waals surface area contributed by atoms with Crippen LogP contribution in [0.1, 0.15) is 11.1 Å². The molecule has 0 spiro atoms. The summed E-state index contributed by atoms with van der Waals surface area (Å²) in [5.74, 6) is 0.176. The molecule has 0 unspecified atom stereocenters. The summed E-state index contributed by atoms with van der Waals surface area (Å²) in [4.78, 5) is 11.6. The Morgan fingerprint density at radius 3 is 2.55 bits per heavy atom. The molecule has 0 fully saturated rings. The monoisotopic (exact) mass is 313 g/mol. The van der Waals surface area contributed by atoms with E-state index in [1.807, 2.05) is 6.07 Å². The lowest BCUT2D eigenvalue weighted by atomic mass is 10.2. The number of hydrogen-bond donors (Lipinski definition) is 1. The first-order chi connectivity index (χ1) is 10.7. The first-order valence-electron chi connectivity index (χ1n) is 6.38. The van der Waals surface area contributed by atoms with Crippen LogP contribution in [0.5, 0.6) is 5.75 Å². The molecule has 0 radical (unpaired) electrons. The molecule has 0 aliphatic heterocycles. The fourth-order valence-corrected chi connectivity index (χ4v) is 1.66. The maximum Gasteiger partial charge on any atom is 0.277 e. The van der Waals surface area contributed by atoms with Gasteiger partial charge in [0.15, 0.2) is 6.61 Å². The van der Waals surface area contributed by atoms with E-state index in [1.165, 1.54) is 6.21 Å². The molecule has 6 heteroatoms. The van der Waals surface area contributed by atoms with Gasteiger partial charge in [-0.15, -0.1) is 0 Å². The predicted molar refractivity (Wildman–Crippen MR) is 83.8 cm³/mol. The third-order valence-corrected chi connectivity index (χ3v) is 2.88. The highest BCUT2D eigenvalue weighted by Gasteiger charge is 2.01. The first kappa shape index (κ1) is 15.5. The van der Waals surface area contributed by atoms with Crippen molar-refractivity contribution in [2.24, 2.45) is 5.10 Å². The molecule has 0 bridgehead atoms. The zero-order valence-corrected chi connectivity index (χ0v) is 12.2. The number of hydrazone groups is 1. The second-order valence-electron chi connectivity index (χ2n) is 4.27. The van der Waals surface area contributed by atoms with Crippen LogP contribution in [0.2, 0.25) is 5.02 Å². The van der Waals surface area contributed by atoms with Crippen LogP contribution >= 0.6 is 11.6 Å². The number of carbonyl (C=O) groups excluding carboxylic acids is 1. The topological polar surface area (TPSA) is 74.5 Å². The van der Waals surface area contributed by atoms with Crippen LogP contribution in [0.4, 0.5) is 0 Å². The van der Waals surface area contributed by atoms with Gasteiger partial charge < -0.3 is 4.74 Å². The summed E-state index contributed by atoms with van der Waals surface area (Å²) in [6.45, 7) is -0.146. The van der Waals surface area contributed by atoms with Crippen LogP contribution in [0.15, 0.2) is 53.6 Å². The first-order valence-corrected chi connectivity index (χ1v) is 6.75. The van der Waals surface area contributed by atoms with Gasteiger partial charge in [0.05, 0.1) is 17.8 Å². The minimum Gasteiger partial charge on any atom is -0.484 e. The Kier molecular flexibility index (Phi) is 5.52. The number of rotatable bonds is 5. The third kappa shape index (κ3) is 4.93. The van der Waals surface area contributed by atoms with Crippen molar-refractivity contribution in [3.63, 3.8) is 0 Å². The molecule has 0 saturated carbocycles. The molecule has 1 N–H and O–H groups in total. The second kappa shape index (κ2) is 7.81. The third-order valence-electron chi connectivity index (χ3n) is 2.63. The summed E-state index contributed by atoms with van der Waals surface area (Å²) in [6, 6.07) is 15.6. The molecule has 0 aliphatic carbocycles. The Labute approximate surface area is 132 Å². The van der Waals surface area contributed by atoms with Crippen LogP contribution in [0.3, 0.4) is 0 Å². The van der Waals surface area contributed by atoms with Crippen LogP contribution in [-0.4, -0.2) is 18.7 Å². The van der Waals surface area contributed by atoms with Crippen molar-refractivity contribution in [1.29, 1.82) is 5.26 Å². The molecule has 2 rings (SSSR count). The summed E-state index contributed by atoms with van der Waals surface area (Å²) in [6.07, 6.45) is 1.49. The van der Waals surface area contributed by atoms with Crippen molar-refractivity contribution in [2.75, 3.05) is 6.61 Å². The Morgan fingerprint density at radius 2 is 1.91 bits per heavy atom. The van der Waals surface area contributed by atoms with E-state index in [2.05, 4.69) is 10.5 Å². The lowest BCUT2D eigenvalue weighted by Gasteiger charge is -2.04. The van der Waals surface area contributed by atoms with Gasteiger partial charge in [0.1, 0.15) is 5.75 Å². The highest BCUT2D eigenvalue weighted by atomic mass is 35.5. The maximum absolute atomic E-state index is 11.6. The van der Waals surface area contributed by atoms with Gasteiger partial charge in [0.2, 0.25) is 0 Å². The van der Waals surface area contributed by atoms with E-state index < -0.39 is 0 Å². The highest BCUT2D eigenvalue weighted by Crippen LogP contribution is 2.15. The minimum atomic E-state index is -0.375. The van der Waals surface area contributed by atoms with Gasteiger partial charge in [0.25, 0.3) is 5.91 Å². The molecule has 0 aromatic heterocycles. The summed E-state index contributed by atoms with van der Waals surface area (Å²) in [5, 5.41) is 13.1. The minimum absolute atomic E-state index is 0.146. The summed E-state index contributed by atoms with van der Waals surface area (Å²) < 4.78 is 5.28. The molecule has 0 aliphatic rings. The van der Waals surface area contributed by atoms with Gasteiger partial charge in [-0.05, 0) is 42.0 Å². The number of amides is 1. The molecule has 22 heavy (non-hydrogen) atoms. The smallest absolute Gasteiger partial charge is 0.277 e. The van der Waals surface area contributed by atoms with Crippen LogP contribution in [0, 0.1) is 11.3 Å². The summed E-state index contributed by atoms with van der Waals surface area (Å²) in [5.41, 5.74) is 3.70. The van der Waals surface area contributed by atoms with Crippen molar-refractivity contribution >= 4 is 23.7 Å². The van der Waals surface area contributed by atoms with Gasteiger partial charge in [-0.25, -0.2) is 5.43 Å². The van der Waals surface area contributed by atoms with Gasteiger partial charge in [-0.1, -0.05) is 23.7 Å². The summed E-state index contributed by atoms with van der Waals surface area (Å²) in [7, 11) is 0. The molecule has 0 atom stereocenters. The molecule has 2 aromatic rings. The number of nitriles is 1. The van der Waals surface area contributed by atoms with Crippen LogP contribution < -0.4 is 10.2 Å². The fourth-order valence-electron chi connectivity index (χ4n) is 1.53. The fraction of sp³-hybridized carbons (Fsp3) is 0.0625. The zero-order chi connectivity index (χ0) is 15.8. The average molecular weight is 314 g/mol. The number of halogens is 1. The van der Waals surface area contributed by atoms with Crippen molar-refractivity contribution in [1.82, 2.24) is 5.43 Å². The van der Waals surface area contributed by atoms with E-state index in [-0.39, 0.29) is 12.5 Å². The lowest BCUT2D eigenvalue weighted by molar-refractivity contribution is -0.123. The van der Waals surface area contributed by atoms with Gasteiger partial charge in [-0.2, -0.15) is 10.4 Å². The average Bonchev–Trinajstić information content (AvgIpc) is 2.55. The Bertz CT molecular complexity index is 704. The number of benzene rings is 2. The zero-order valence-electron chi connectivity index (χ0n) is 11.5. The van der Waals surface area contributed by atoms with Crippen molar-refractivity contribution < 1.29 is 9.53 Å². The number of ether oxygens (including phenoxy) is 1. The quantitative estimate of drug-likeness (QED) is 0.681. The number of carbonyl (C=O) groups is 1. The van der Waals surface area contributed by atoms with Crippen molar-refractivity contribution in [3.8, 4) is 11.8 Å². The van der Waals surface area contributed by atoms with E-state index in [1.54, 1.807) is 48.5 Å². The Balaban J connectivity index is 1.78. The van der Waals surface area contributed by atoms with E-state index >= 15 is 0 Å². The molecule has 2 aromatic carbocycles. The van der Waals surface area contributed by atoms with E-state index in [4.69, 9.17) is 21.6 Å². The largest absolute Gasteiger partial charge is 0.484 e. The standard InChI is InChI=1S/C16H12ClN3O2/c17-14-5-7-15(8-6-14)22-11-16(21)20-19-10-13-3-1-12(9-18)2-4-13/h1-8,10H,11H2,(H,20,21)/b19-10-. The lowest BCUT2D eigenvalue weighted by Crippen LogP contribution is -2.24. The second-order valence-corrected chi connectivity index (χ2v) is 4.71. The molecular weight excluding hydrogens is 302 g/mol. The van der Waals surface area contributed by atoms with Crippen LogP contribution in [-0.2, 0) is 4.79 Å². The number of nitrogens with zero attached hydrogens (tertiary/aromatic N) is 2. The number of hydrogen-bond acceptors (Lipinski definition) is 4. The Morgan fingerprint density at radius 1 is 1.23 bits per heavy atom. The summed E-state index contributed by atoms with van der Waals surface area (Å²) >= 11 is 5.75. The highest BCUT2D eigenvalue weighted by molar-refractivity contribution is 6.30. The molecule has 0 saturated heterocycles. The van der Waals surface area contributed by atoms with E-state index in [9.17, 15) is 4.79 Å². The van der Waals surface area contributed by atoms with E-state index in [0.717, 1.165) is 5.56 Å². The van der Waals surface area contributed by atoms with Crippen molar-refractivity contribution in [2.45, 2.75) is 0 Å². The molecule has 5 nitrogen and oxygen atoms in total.